The number of anilines is 1. The van der Waals surface area contributed by atoms with Gasteiger partial charge in [-0.05, 0) is 86.9 Å². The number of urea groups is 1. The van der Waals surface area contributed by atoms with Crippen molar-refractivity contribution in [2.45, 2.75) is 63.7 Å². The van der Waals surface area contributed by atoms with E-state index in [0.717, 1.165) is 55.2 Å². The quantitative estimate of drug-likeness (QED) is 0.129. The second-order valence-corrected chi connectivity index (χ2v) is 10.8. The minimum atomic E-state index is -0.498. The number of nitrogens with one attached hydrogen (secondary N) is 2. The summed E-state index contributed by atoms with van der Waals surface area (Å²) in [6.07, 6.45) is 8.17. The first kappa shape index (κ1) is 29.4. The predicted octanol–water partition coefficient (Wildman–Crippen LogP) is 3.98. The Kier molecular flexibility index (Phi) is 9.67. The van der Waals surface area contributed by atoms with Gasteiger partial charge in [0.05, 0.1) is 10.7 Å². The summed E-state index contributed by atoms with van der Waals surface area (Å²) in [6, 6.07) is 10.7. The number of rotatable bonds is 12. The minimum absolute atomic E-state index is 0.0672. The van der Waals surface area contributed by atoms with E-state index in [2.05, 4.69) is 15.6 Å². The van der Waals surface area contributed by atoms with Crippen molar-refractivity contribution in [2.75, 3.05) is 11.4 Å². The molecule has 40 heavy (non-hydrogen) atoms. The summed E-state index contributed by atoms with van der Waals surface area (Å²) in [7, 11) is 0. The SMILES string of the molecule is CC(N)CCCc1cc(Cl)c(F)c(C2=CC3=CN(c4ccc(C(N)CCCCN=C(N)N)cc4)C(=O)NC3N2)c1. The van der Waals surface area contributed by atoms with E-state index in [1.807, 2.05) is 43.3 Å². The highest BCUT2D eigenvalue weighted by molar-refractivity contribution is 6.31. The van der Waals surface area contributed by atoms with Crippen molar-refractivity contribution < 1.29 is 9.18 Å². The monoisotopic (exact) mass is 568 g/mol. The van der Waals surface area contributed by atoms with E-state index in [4.69, 9.17) is 34.5 Å². The van der Waals surface area contributed by atoms with Gasteiger partial charge < -0.3 is 33.6 Å². The molecule has 214 valence electrons. The van der Waals surface area contributed by atoms with Gasteiger partial charge in [-0.2, -0.15) is 0 Å². The van der Waals surface area contributed by atoms with Crippen LogP contribution in [0, 0.1) is 5.82 Å². The number of hydrogen-bond acceptors (Lipinski definition) is 5. The first-order chi connectivity index (χ1) is 19.1. The van der Waals surface area contributed by atoms with E-state index in [-0.39, 0.29) is 29.1 Å². The first-order valence-electron chi connectivity index (χ1n) is 13.6. The number of halogens is 2. The zero-order chi connectivity index (χ0) is 28.8. The lowest BCUT2D eigenvalue weighted by Crippen LogP contribution is -2.51. The van der Waals surface area contributed by atoms with Crippen LogP contribution < -0.4 is 38.5 Å². The number of nitrogens with zero attached hydrogens (tertiary/aromatic N) is 2. The zero-order valence-electron chi connectivity index (χ0n) is 22.7. The van der Waals surface area contributed by atoms with Crippen LogP contribution >= 0.6 is 11.6 Å². The van der Waals surface area contributed by atoms with Crippen LogP contribution in [0.2, 0.25) is 5.02 Å². The fraction of sp³-hybridized carbons (Fsp3) is 0.379. The fourth-order valence-electron chi connectivity index (χ4n) is 4.86. The van der Waals surface area contributed by atoms with Crippen molar-refractivity contribution in [1.82, 2.24) is 10.6 Å². The number of benzene rings is 2. The van der Waals surface area contributed by atoms with Gasteiger partial charge in [-0.1, -0.05) is 23.7 Å². The Hall–Kier alpha value is -3.60. The standard InChI is InChI=1S/C29H38ClFN8O/c1-17(32)5-4-6-18-13-22(26(31)23(30)14-18)25-15-20-16-39(29(40)38-27(20)37-25)21-10-8-19(9-11-21)24(33)7-2-3-12-36-28(34)35/h8-11,13-17,24,27,37H,2-7,12,32-33H2,1H3,(H,38,40)(H4,34,35,36). The van der Waals surface area contributed by atoms with Gasteiger partial charge in [0.1, 0.15) is 6.17 Å². The fourth-order valence-corrected chi connectivity index (χ4v) is 5.10. The van der Waals surface area contributed by atoms with Gasteiger partial charge in [-0.3, -0.25) is 9.89 Å². The van der Waals surface area contributed by atoms with Crippen molar-refractivity contribution in [2.24, 2.45) is 27.9 Å². The number of unbranched alkanes of at least 4 members (excludes halogenated alkanes) is 1. The van der Waals surface area contributed by atoms with E-state index in [9.17, 15) is 4.79 Å². The van der Waals surface area contributed by atoms with E-state index >= 15 is 4.39 Å². The lowest BCUT2D eigenvalue weighted by Gasteiger charge is -2.29. The van der Waals surface area contributed by atoms with Gasteiger partial charge in [-0.15, -0.1) is 0 Å². The van der Waals surface area contributed by atoms with Gasteiger partial charge >= 0.3 is 6.03 Å². The van der Waals surface area contributed by atoms with Crippen molar-refractivity contribution >= 4 is 35.0 Å². The Bertz CT molecular complexity index is 1300. The van der Waals surface area contributed by atoms with Crippen molar-refractivity contribution in [1.29, 1.82) is 0 Å². The topological polar surface area (TPSA) is 161 Å². The lowest BCUT2D eigenvalue weighted by molar-refractivity contribution is 0.244. The Balaban J connectivity index is 1.46. The molecule has 11 heteroatoms. The minimum Gasteiger partial charge on any atom is -0.370 e. The maximum Gasteiger partial charge on any atom is 0.327 e. The molecule has 0 aliphatic carbocycles. The Morgan fingerprint density at radius 3 is 2.55 bits per heavy atom. The van der Waals surface area contributed by atoms with Gasteiger partial charge in [0.15, 0.2) is 11.8 Å². The maximum atomic E-state index is 15.1. The van der Waals surface area contributed by atoms with E-state index in [0.29, 0.717) is 23.5 Å². The van der Waals surface area contributed by atoms with Crippen LogP contribution in [-0.4, -0.2) is 30.7 Å². The zero-order valence-corrected chi connectivity index (χ0v) is 23.4. The number of hydrogen-bond donors (Lipinski definition) is 6. The number of guanidine groups is 1. The molecule has 2 aliphatic rings. The Morgan fingerprint density at radius 1 is 1.10 bits per heavy atom. The molecule has 0 bridgehead atoms. The van der Waals surface area contributed by atoms with Crippen molar-refractivity contribution in [3.8, 4) is 0 Å². The molecule has 0 spiro atoms. The smallest absolute Gasteiger partial charge is 0.327 e. The average molecular weight is 569 g/mol. The van der Waals surface area contributed by atoms with Crippen LogP contribution in [0.3, 0.4) is 0 Å². The third kappa shape index (κ3) is 7.32. The summed E-state index contributed by atoms with van der Waals surface area (Å²) in [5.74, 6) is -0.403. The number of aryl methyl sites for hydroxylation is 1. The number of fused-ring (bicyclic) bond motifs is 1. The van der Waals surface area contributed by atoms with E-state index < -0.39 is 12.0 Å². The molecule has 4 rings (SSSR count). The highest BCUT2D eigenvalue weighted by Gasteiger charge is 2.32. The molecule has 0 radical (unpaired) electrons. The highest BCUT2D eigenvalue weighted by atomic mass is 35.5. The highest BCUT2D eigenvalue weighted by Crippen LogP contribution is 2.32. The predicted molar refractivity (Wildman–Crippen MR) is 160 cm³/mol. The van der Waals surface area contributed by atoms with Crippen LogP contribution in [0.25, 0.3) is 5.70 Å². The number of carbonyl (C=O) groups excluding carboxylic acids is 1. The first-order valence-corrected chi connectivity index (χ1v) is 13.9. The van der Waals surface area contributed by atoms with Gasteiger partial charge in [0.25, 0.3) is 0 Å². The molecule has 3 unspecified atom stereocenters. The van der Waals surface area contributed by atoms with Crippen molar-refractivity contribution in [3.63, 3.8) is 0 Å². The average Bonchev–Trinajstić information content (AvgIpc) is 3.32. The Labute approximate surface area is 239 Å². The van der Waals surface area contributed by atoms with Gasteiger partial charge in [0, 0.05) is 41.7 Å². The van der Waals surface area contributed by atoms with Gasteiger partial charge in [0.2, 0.25) is 0 Å². The molecule has 3 atom stereocenters. The van der Waals surface area contributed by atoms with Crippen molar-refractivity contribution in [3.05, 3.63) is 81.8 Å². The van der Waals surface area contributed by atoms with E-state index in [1.165, 1.54) is 4.90 Å². The summed E-state index contributed by atoms with van der Waals surface area (Å²) < 4.78 is 15.1. The lowest BCUT2D eigenvalue weighted by atomic mass is 10.0. The van der Waals surface area contributed by atoms with Crippen LogP contribution in [0.4, 0.5) is 14.9 Å². The van der Waals surface area contributed by atoms with Crippen LogP contribution in [0.1, 0.15) is 61.8 Å². The van der Waals surface area contributed by atoms with Crippen LogP contribution in [0.15, 0.2) is 59.2 Å². The number of amides is 2. The summed E-state index contributed by atoms with van der Waals surface area (Å²) in [4.78, 5) is 18.5. The van der Waals surface area contributed by atoms with Crippen LogP contribution in [0.5, 0.6) is 0 Å². The maximum absolute atomic E-state index is 15.1. The summed E-state index contributed by atoms with van der Waals surface area (Å²) in [6.45, 7) is 2.55. The molecule has 0 fully saturated rings. The molecule has 0 saturated heterocycles. The molecule has 2 aromatic rings. The molecule has 0 saturated carbocycles. The van der Waals surface area contributed by atoms with Crippen LogP contribution in [-0.2, 0) is 6.42 Å². The molecule has 2 aliphatic heterocycles. The molecular formula is C29H38ClFN8O. The van der Waals surface area contributed by atoms with E-state index in [1.54, 1.807) is 12.3 Å². The normalized spacial score (nSPS) is 17.8. The molecule has 2 amide bonds. The van der Waals surface area contributed by atoms with Gasteiger partial charge in [-0.25, -0.2) is 9.18 Å². The molecular weight excluding hydrogens is 531 g/mol. The second-order valence-electron chi connectivity index (χ2n) is 10.4. The molecule has 2 aromatic carbocycles. The third-order valence-corrected chi connectivity index (χ3v) is 7.30. The molecule has 9 nitrogen and oxygen atoms in total. The third-order valence-electron chi connectivity index (χ3n) is 7.03. The number of carbonyl (C=O) groups is 1. The summed E-state index contributed by atoms with van der Waals surface area (Å²) in [5.41, 5.74) is 27.3. The number of aliphatic imine (C=N–C) groups is 1. The largest absolute Gasteiger partial charge is 0.370 e. The summed E-state index contributed by atoms with van der Waals surface area (Å²) in [5, 5.41) is 6.22. The molecule has 0 aromatic heterocycles. The Morgan fingerprint density at radius 2 is 1.85 bits per heavy atom. The summed E-state index contributed by atoms with van der Waals surface area (Å²) >= 11 is 6.24. The second kappa shape index (κ2) is 13.2. The number of nitrogens with two attached hydrogens (primary N) is 4. The molecule has 10 N–H and O–H groups in total. The molecule has 2 heterocycles.